The summed E-state index contributed by atoms with van der Waals surface area (Å²) >= 11 is 0. The van der Waals surface area contributed by atoms with Crippen LogP contribution in [0.4, 0.5) is 0 Å². The van der Waals surface area contributed by atoms with Crippen molar-refractivity contribution in [1.82, 2.24) is 5.32 Å². The molecule has 0 aromatic rings. The van der Waals surface area contributed by atoms with Crippen molar-refractivity contribution in [2.24, 2.45) is 0 Å². The average Bonchev–Trinajstić information content (AvgIpc) is 2.61. The van der Waals surface area contributed by atoms with E-state index in [-0.39, 0.29) is 13.2 Å². The Labute approximate surface area is 92.7 Å². The van der Waals surface area contributed by atoms with Gasteiger partial charge in [0.25, 0.3) is 0 Å². The normalized spacial score (nSPS) is 28.8. The molecule has 0 bridgehead atoms. The lowest BCUT2D eigenvalue weighted by Crippen LogP contribution is -2.47. The maximum absolute atomic E-state index is 11.2. The Morgan fingerprint density at radius 1 is 1.50 bits per heavy atom. The third kappa shape index (κ3) is 2.91. The minimum atomic E-state index is -0.998. The van der Waals surface area contributed by atoms with Crippen LogP contribution >= 0.6 is 0 Å². The molecule has 1 heterocycles. The molecule has 7 nitrogen and oxygen atoms in total. The van der Waals surface area contributed by atoms with Gasteiger partial charge in [0, 0.05) is 7.11 Å². The lowest BCUT2D eigenvalue weighted by molar-refractivity contribution is -0.153. The minimum absolute atomic E-state index is 0.137. The second kappa shape index (κ2) is 5.78. The Bertz CT molecular complexity index is 269. The molecule has 92 valence electrons. The molecule has 1 saturated heterocycles. The molecule has 0 saturated carbocycles. The van der Waals surface area contributed by atoms with Gasteiger partial charge in [0.1, 0.15) is 12.2 Å². The summed E-state index contributed by atoms with van der Waals surface area (Å²) in [6.45, 7) is 0.365. The molecule has 7 heteroatoms. The number of methoxy groups -OCH3 is 2. The number of ether oxygens (including phenoxy) is 3. The number of aliphatic hydroxyl groups is 1. The van der Waals surface area contributed by atoms with Crippen molar-refractivity contribution in [2.75, 3.05) is 27.4 Å². The van der Waals surface area contributed by atoms with Crippen LogP contribution < -0.4 is 5.32 Å². The van der Waals surface area contributed by atoms with E-state index in [0.29, 0.717) is 0 Å². The van der Waals surface area contributed by atoms with E-state index in [9.17, 15) is 14.7 Å². The summed E-state index contributed by atoms with van der Waals surface area (Å²) in [5, 5.41) is 12.0. The molecule has 0 aliphatic carbocycles. The molecule has 3 atom stereocenters. The van der Waals surface area contributed by atoms with Crippen LogP contribution in [0.1, 0.15) is 0 Å². The van der Waals surface area contributed by atoms with Gasteiger partial charge in [0.05, 0.1) is 26.4 Å². The van der Waals surface area contributed by atoms with E-state index >= 15 is 0 Å². The predicted molar refractivity (Wildman–Crippen MR) is 51.6 cm³/mol. The van der Waals surface area contributed by atoms with Gasteiger partial charge in [0.2, 0.25) is 0 Å². The minimum Gasteiger partial charge on any atom is -0.462 e. The van der Waals surface area contributed by atoms with E-state index < -0.39 is 30.1 Å². The van der Waals surface area contributed by atoms with Gasteiger partial charge in [-0.05, 0) is 0 Å². The van der Waals surface area contributed by atoms with Crippen molar-refractivity contribution < 1.29 is 28.9 Å². The third-order valence-electron chi connectivity index (χ3n) is 2.30. The quantitative estimate of drug-likeness (QED) is 0.434. The number of esters is 1. The molecule has 2 N–H and O–H groups in total. The van der Waals surface area contributed by atoms with Crippen LogP contribution in [0.15, 0.2) is 0 Å². The van der Waals surface area contributed by atoms with Gasteiger partial charge in [-0.25, -0.2) is 4.79 Å². The van der Waals surface area contributed by atoms with Crippen molar-refractivity contribution >= 4 is 11.9 Å². The lowest BCUT2D eigenvalue weighted by Gasteiger charge is -2.17. The topological polar surface area (TPSA) is 94.1 Å². The number of amides is 1. The van der Waals surface area contributed by atoms with Crippen LogP contribution in [-0.4, -0.2) is 62.7 Å². The molecular formula is C9H15NO6. The fraction of sp³-hybridized carbons (Fsp3) is 0.778. The van der Waals surface area contributed by atoms with Gasteiger partial charge in [0.15, 0.2) is 0 Å². The van der Waals surface area contributed by atoms with Crippen LogP contribution in [0.3, 0.4) is 0 Å². The number of carbonyl (C=O) groups is 2. The molecule has 0 spiro atoms. The number of nitrogens with one attached hydrogen (secondary N) is 1. The van der Waals surface area contributed by atoms with Crippen molar-refractivity contribution in [3.05, 3.63) is 0 Å². The Morgan fingerprint density at radius 2 is 2.19 bits per heavy atom. The molecule has 1 rings (SSSR count). The summed E-state index contributed by atoms with van der Waals surface area (Å²) in [6, 6.07) is -0.619. The maximum atomic E-state index is 11.2. The highest BCUT2D eigenvalue weighted by molar-refractivity contribution is 6.32. The molecule has 1 fully saturated rings. The molecule has 1 aliphatic heterocycles. The number of carbonyl (C=O) groups excluding carboxylic acids is 2. The fourth-order valence-corrected chi connectivity index (χ4v) is 1.44. The first-order chi connectivity index (χ1) is 7.60. The van der Waals surface area contributed by atoms with Gasteiger partial charge < -0.3 is 24.6 Å². The second-order valence-corrected chi connectivity index (χ2v) is 3.39. The van der Waals surface area contributed by atoms with E-state index in [1.54, 1.807) is 0 Å². The van der Waals surface area contributed by atoms with Gasteiger partial charge in [-0.1, -0.05) is 0 Å². The van der Waals surface area contributed by atoms with E-state index in [1.165, 1.54) is 7.11 Å². The van der Waals surface area contributed by atoms with E-state index in [2.05, 4.69) is 10.1 Å². The molecule has 0 radical (unpaired) electrons. The molecule has 1 aliphatic rings. The first-order valence-electron chi connectivity index (χ1n) is 4.77. The molecule has 0 aromatic heterocycles. The fourth-order valence-electron chi connectivity index (χ4n) is 1.44. The Kier molecular flexibility index (Phi) is 4.66. The van der Waals surface area contributed by atoms with Gasteiger partial charge >= 0.3 is 11.9 Å². The van der Waals surface area contributed by atoms with E-state index in [4.69, 9.17) is 9.47 Å². The Hall–Kier alpha value is -1.18. The lowest BCUT2D eigenvalue weighted by atomic mass is 10.1. The third-order valence-corrected chi connectivity index (χ3v) is 2.30. The standard InChI is InChI=1S/C9H15NO6/c1-14-4-6-7(11)5(3-16-6)10-8(12)9(13)15-2/h5-7,11H,3-4H2,1-2H3,(H,10,12). The summed E-state index contributed by atoms with van der Waals surface area (Å²) in [5.41, 5.74) is 0. The van der Waals surface area contributed by atoms with E-state index in [0.717, 1.165) is 7.11 Å². The maximum Gasteiger partial charge on any atom is 0.396 e. The zero-order chi connectivity index (χ0) is 12.1. The zero-order valence-corrected chi connectivity index (χ0v) is 9.13. The van der Waals surface area contributed by atoms with Crippen molar-refractivity contribution in [1.29, 1.82) is 0 Å². The second-order valence-electron chi connectivity index (χ2n) is 3.39. The zero-order valence-electron chi connectivity index (χ0n) is 9.13. The first-order valence-corrected chi connectivity index (χ1v) is 4.77. The summed E-state index contributed by atoms with van der Waals surface area (Å²) in [5.74, 6) is -1.89. The predicted octanol–water partition coefficient (Wildman–Crippen LogP) is -1.95. The molecule has 1 amide bonds. The molecule has 0 aromatic carbocycles. The highest BCUT2D eigenvalue weighted by Crippen LogP contribution is 2.14. The monoisotopic (exact) mass is 233 g/mol. The van der Waals surface area contributed by atoms with Crippen LogP contribution in [0, 0.1) is 0 Å². The highest BCUT2D eigenvalue weighted by atomic mass is 16.5. The molecule has 3 unspecified atom stereocenters. The number of aliphatic hydroxyl groups excluding tert-OH is 1. The van der Waals surface area contributed by atoms with Crippen LogP contribution in [0.2, 0.25) is 0 Å². The average molecular weight is 233 g/mol. The summed E-state index contributed by atoms with van der Waals surface area (Å²) in [7, 11) is 2.59. The molecule has 16 heavy (non-hydrogen) atoms. The number of hydrogen-bond acceptors (Lipinski definition) is 6. The van der Waals surface area contributed by atoms with Crippen molar-refractivity contribution in [2.45, 2.75) is 18.2 Å². The highest BCUT2D eigenvalue weighted by Gasteiger charge is 2.37. The van der Waals surface area contributed by atoms with Crippen LogP contribution in [-0.2, 0) is 23.8 Å². The van der Waals surface area contributed by atoms with Gasteiger partial charge in [-0.2, -0.15) is 0 Å². The van der Waals surface area contributed by atoms with Crippen LogP contribution in [0.5, 0.6) is 0 Å². The first kappa shape index (κ1) is 12.9. The summed E-state index contributed by atoms with van der Waals surface area (Å²) in [4.78, 5) is 22.0. The largest absolute Gasteiger partial charge is 0.462 e. The SMILES string of the molecule is COCC1OCC(NC(=O)C(=O)OC)C1O. The molecular weight excluding hydrogens is 218 g/mol. The number of rotatable bonds is 3. The van der Waals surface area contributed by atoms with Crippen molar-refractivity contribution in [3.63, 3.8) is 0 Å². The van der Waals surface area contributed by atoms with Gasteiger partial charge in [-0.3, -0.25) is 4.79 Å². The van der Waals surface area contributed by atoms with E-state index in [1.807, 2.05) is 0 Å². The summed E-state index contributed by atoms with van der Waals surface area (Å²) in [6.07, 6.45) is -1.39. The van der Waals surface area contributed by atoms with Gasteiger partial charge in [-0.15, -0.1) is 0 Å². The van der Waals surface area contributed by atoms with Crippen LogP contribution in [0.25, 0.3) is 0 Å². The Balaban J connectivity index is 2.45. The van der Waals surface area contributed by atoms with Crippen molar-refractivity contribution in [3.8, 4) is 0 Å². The Morgan fingerprint density at radius 3 is 2.75 bits per heavy atom. The number of hydrogen-bond donors (Lipinski definition) is 2. The smallest absolute Gasteiger partial charge is 0.396 e. The summed E-state index contributed by atoms with van der Waals surface area (Å²) < 4.78 is 14.3.